The highest BCUT2D eigenvalue weighted by Gasteiger charge is 2.33. The molecule has 2 aliphatic rings. The van der Waals surface area contributed by atoms with Crippen LogP contribution in [0.5, 0.6) is 0 Å². The summed E-state index contributed by atoms with van der Waals surface area (Å²) in [6.07, 6.45) is 9.36. The molecule has 0 aromatic rings. The van der Waals surface area contributed by atoms with Crippen molar-refractivity contribution in [3.05, 3.63) is 0 Å². The second kappa shape index (κ2) is 7.25. The summed E-state index contributed by atoms with van der Waals surface area (Å²) < 4.78 is 5.29. The van der Waals surface area contributed by atoms with Crippen LogP contribution in [0.25, 0.3) is 0 Å². The topological polar surface area (TPSA) is 50.4 Å². The van der Waals surface area contributed by atoms with Gasteiger partial charge in [-0.1, -0.05) is 25.7 Å². The number of nitrogens with one attached hydrogen (secondary N) is 2. The summed E-state index contributed by atoms with van der Waals surface area (Å²) in [6.45, 7) is 2.40. The molecule has 1 heterocycles. The smallest absolute Gasteiger partial charge is 0.220 e. The van der Waals surface area contributed by atoms with Crippen molar-refractivity contribution in [1.29, 1.82) is 0 Å². The molecule has 2 N–H and O–H groups in total. The fourth-order valence-electron chi connectivity index (χ4n) is 3.46. The number of hydrogen-bond acceptors (Lipinski definition) is 3. The van der Waals surface area contributed by atoms with Gasteiger partial charge in [0, 0.05) is 20.1 Å². The van der Waals surface area contributed by atoms with Crippen molar-refractivity contribution in [2.75, 3.05) is 26.8 Å². The first-order chi connectivity index (χ1) is 9.24. The molecule has 19 heavy (non-hydrogen) atoms. The molecule has 4 nitrogen and oxygen atoms in total. The molecule has 0 spiro atoms. The number of rotatable bonds is 7. The van der Waals surface area contributed by atoms with Gasteiger partial charge in [0.25, 0.3) is 0 Å². The molecule has 0 aromatic heterocycles. The molecule has 1 saturated carbocycles. The molecule has 0 radical (unpaired) electrons. The highest BCUT2D eigenvalue weighted by atomic mass is 16.5. The maximum Gasteiger partial charge on any atom is 0.220 e. The molecular formula is C15H28N2O2. The summed E-state index contributed by atoms with van der Waals surface area (Å²) in [5.41, 5.74) is -0.0300. The van der Waals surface area contributed by atoms with Crippen LogP contribution >= 0.6 is 0 Å². The van der Waals surface area contributed by atoms with Gasteiger partial charge < -0.3 is 15.4 Å². The van der Waals surface area contributed by atoms with E-state index in [9.17, 15) is 4.79 Å². The minimum Gasteiger partial charge on any atom is -0.383 e. The van der Waals surface area contributed by atoms with E-state index >= 15 is 0 Å². The molecule has 4 heteroatoms. The fraction of sp³-hybridized carbons (Fsp3) is 0.933. The van der Waals surface area contributed by atoms with Crippen molar-refractivity contribution in [2.45, 2.75) is 56.9 Å². The molecule has 1 saturated heterocycles. The van der Waals surface area contributed by atoms with Crippen molar-refractivity contribution in [3.63, 3.8) is 0 Å². The average Bonchev–Trinajstić information content (AvgIpc) is 3.06. The molecule has 1 unspecified atom stereocenters. The second-order valence-corrected chi connectivity index (χ2v) is 6.21. The Bertz CT molecular complexity index is 282. The lowest BCUT2D eigenvalue weighted by Gasteiger charge is -2.29. The maximum atomic E-state index is 11.9. The number of carbonyl (C=O) groups is 1. The van der Waals surface area contributed by atoms with Crippen molar-refractivity contribution in [3.8, 4) is 0 Å². The van der Waals surface area contributed by atoms with Crippen LogP contribution < -0.4 is 10.6 Å². The van der Waals surface area contributed by atoms with Gasteiger partial charge in [-0.3, -0.25) is 4.79 Å². The van der Waals surface area contributed by atoms with E-state index in [1.54, 1.807) is 7.11 Å². The molecular weight excluding hydrogens is 240 g/mol. The van der Waals surface area contributed by atoms with Gasteiger partial charge in [0.1, 0.15) is 0 Å². The van der Waals surface area contributed by atoms with E-state index in [-0.39, 0.29) is 11.4 Å². The van der Waals surface area contributed by atoms with Gasteiger partial charge in [-0.25, -0.2) is 0 Å². The Kier molecular flexibility index (Phi) is 5.64. The number of hydrogen-bond donors (Lipinski definition) is 2. The van der Waals surface area contributed by atoms with E-state index in [1.807, 2.05) is 0 Å². The third kappa shape index (κ3) is 4.46. The number of carbonyl (C=O) groups excluding carboxylic acids is 1. The first-order valence-electron chi connectivity index (χ1n) is 7.75. The lowest BCUT2D eigenvalue weighted by molar-refractivity contribution is -0.121. The zero-order valence-corrected chi connectivity index (χ0v) is 12.2. The lowest BCUT2D eigenvalue weighted by atomic mass is 9.98. The van der Waals surface area contributed by atoms with Crippen LogP contribution in [0.15, 0.2) is 0 Å². The van der Waals surface area contributed by atoms with E-state index in [4.69, 9.17) is 4.74 Å². The van der Waals surface area contributed by atoms with Gasteiger partial charge in [-0.2, -0.15) is 0 Å². The van der Waals surface area contributed by atoms with Gasteiger partial charge in [0.05, 0.1) is 12.1 Å². The van der Waals surface area contributed by atoms with Gasteiger partial charge in [0.15, 0.2) is 0 Å². The minimum absolute atomic E-state index is 0.0300. The van der Waals surface area contributed by atoms with E-state index in [0.717, 1.165) is 25.3 Å². The van der Waals surface area contributed by atoms with E-state index in [2.05, 4.69) is 10.6 Å². The molecule has 2 fully saturated rings. The van der Waals surface area contributed by atoms with Crippen molar-refractivity contribution < 1.29 is 9.53 Å². The average molecular weight is 268 g/mol. The Balaban J connectivity index is 1.66. The van der Waals surface area contributed by atoms with Crippen LogP contribution in [0.3, 0.4) is 0 Å². The number of ether oxygens (including phenoxy) is 1. The second-order valence-electron chi connectivity index (χ2n) is 6.21. The van der Waals surface area contributed by atoms with Crippen LogP contribution in [-0.4, -0.2) is 38.3 Å². The number of amides is 1. The summed E-state index contributed by atoms with van der Waals surface area (Å²) in [4.78, 5) is 11.9. The Morgan fingerprint density at radius 1 is 1.37 bits per heavy atom. The fourth-order valence-corrected chi connectivity index (χ4v) is 3.46. The minimum atomic E-state index is -0.0300. The third-order valence-corrected chi connectivity index (χ3v) is 4.63. The third-order valence-electron chi connectivity index (χ3n) is 4.63. The molecule has 110 valence electrons. The van der Waals surface area contributed by atoms with Crippen molar-refractivity contribution >= 4 is 5.91 Å². The molecule has 0 bridgehead atoms. The zero-order valence-electron chi connectivity index (χ0n) is 12.2. The first-order valence-corrected chi connectivity index (χ1v) is 7.75. The summed E-state index contributed by atoms with van der Waals surface area (Å²) >= 11 is 0. The first kappa shape index (κ1) is 14.8. The van der Waals surface area contributed by atoms with E-state index in [0.29, 0.717) is 19.6 Å². The normalized spacial score (nSPS) is 27.8. The lowest BCUT2D eigenvalue weighted by Crippen LogP contribution is -2.53. The largest absolute Gasteiger partial charge is 0.383 e. The Morgan fingerprint density at radius 3 is 2.79 bits per heavy atom. The quantitative estimate of drug-likeness (QED) is 0.741. The Labute approximate surface area is 116 Å². The SMILES string of the molecule is COCC1(CNC(=O)CCC2CCCC2)CCCN1. The summed E-state index contributed by atoms with van der Waals surface area (Å²) in [6, 6.07) is 0. The molecule has 2 rings (SSSR count). The molecule has 1 aliphatic heterocycles. The van der Waals surface area contributed by atoms with Crippen molar-refractivity contribution in [1.82, 2.24) is 10.6 Å². The Hall–Kier alpha value is -0.610. The van der Waals surface area contributed by atoms with Gasteiger partial charge in [-0.05, 0) is 31.7 Å². The van der Waals surface area contributed by atoms with E-state index in [1.165, 1.54) is 32.1 Å². The molecule has 0 aromatic carbocycles. The van der Waals surface area contributed by atoms with Gasteiger partial charge in [-0.15, -0.1) is 0 Å². The summed E-state index contributed by atoms with van der Waals surface area (Å²) in [5, 5.41) is 6.58. The standard InChI is InChI=1S/C15H28N2O2/c1-19-12-15(9-4-10-17-15)11-16-14(18)8-7-13-5-2-3-6-13/h13,17H,2-12H2,1H3,(H,16,18). The van der Waals surface area contributed by atoms with Gasteiger partial charge in [0.2, 0.25) is 5.91 Å². The number of methoxy groups -OCH3 is 1. The van der Waals surface area contributed by atoms with Crippen LogP contribution in [0.2, 0.25) is 0 Å². The monoisotopic (exact) mass is 268 g/mol. The molecule has 1 atom stereocenters. The van der Waals surface area contributed by atoms with Crippen LogP contribution in [-0.2, 0) is 9.53 Å². The molecule has 1 aliphatic carbocycles. The Morgan fingerprint density at radius 2 is 2.16 bits per heavy atom. The zero-order chi connectivity index (χ0) is 13.6. The summed E-state index contributed by atoms with van der Waals surface area (Å²) in [7, 11) is 1.73. The van der Waals surface area contributed by atoms with E-state index < -0.39 is 0 Å². The van der Waals surface area contributed by atoms with Crippen molar-refractivity contribution in [2.24, 2.45) is 5.92 Å². The molecule has 1 amide bonds. The van der Waals surface area contributed by atoms with Crippen LogP contribution in [0.1, 0.15) is 51.4 Å². The highest BCUT2D eigenvalue weighted by molar-refractivity contribution is 5.75. The predicted octanol–water partition coefficient (Wildman–Crippen LogP) is 1.84. The maximum absolute atomic E-state index is 11.9. The summed E-state index contributed by atoms with van der Waals surface area (Å²) in [5.74, 6) is 0.999. The van der Waals surface area contributed by atoms with Crippen LogP contribution in [0.4, 0.5) is 0 Å². The highest BCUT2D eigenvalue weighted by Crippen LogP contribution is 2.28. The predicted molar refractivity (Wildman–Crippen MR) is 76.0 cm³/mol. The van der Waals surface area contributed by atoms with Crippen LogP contribution in [0, 0.1) is 5.92 Å². The van der Waals surface area contributed by atoms with Gasteiger partial charge >= 0.3 is 0 Å².